The van der Waals surface area contributed by atoms with Gasteiger partial charge in [-0.2, -0.15) is 0 Å². The van der Waals surface area contributed by atoms with Gasteiger partial charge in [-0.15, -0.1) is 0 Å². The molecule has 0 heterocycles. The Morgan fingerprint density at radius 2 is 1.68 bits per heavy atom. The van der Waals surface area contributed by atoms with Crippen LogP contribution in [0.2, 0.25) is 0 Å². The molecular weight excluding hydrogens is 372 g/mol. The van der Waals surface area contributed by atoms with Crippen LogP contribution >= 0.6 is 0 Å². The minimum atomic E-state index is -3.59. The Balaban J connectivity index is 1.74. The average Bonchev–Trinajstić information content (AvgIpc) is 2.65. The van der Waals surface area contributed by atoms with Crippen molar-refractivity contribution in [3.63, 3.8) is 0 Å². The molecule has 0 aliphatic rings. The molecule has 0 bridgehead atoms. The van der Waals surface area contributed by atoms with E-state index in [0.29, 0.717) is 12.2 Å². The van der Waals surface area contributed by atoms with Crippen molar-refractivity contribution in [1.82, 2.24) is 5.32 Å². The van der Waals surface area contributed by atoms with E-state index < -0.39 is 10.0 Å². The van der Waals surface area contributed by atoms with Crippen LogP contribution in [0.1, 0.15) is 16.7 Å². The summed E-state index contributed by atoms with van der Waals surface area (Å²) in [5, 5.41) is 5.06. The van der Waals surface area contributed by atoms with Crippen molar-refractivity contribution in [3.05, 3.63) is 77.4 Å². The van der Waals surface area contributed by atoms with Crippen LogP contribution in [-0.4, -0.2) is 27.1 Å². The van der Waals surface area contributed by atoms with E-state index in [1.807, 2.05) is 68.4 Å². The van der Waals surface area contributed by atoms with Gasteiger partial charge in [0.1, 0.15) is 6.54 Å². The molecule has 3 rings (SSSR count). The van der Waals surface area contributed by atoms with Gasteiger partial charge in [0, 0.05) is 6.54 Å². The number of hydrogen-bond donors (Lipinski definition) is 1. The molecule has 1 amide bonds. The van der Waals surface area contributed by atoms with Crippen molar-refractivity contribution >= 4 is 32.4 Å². The minimum Gasteiger partial charge on any atom is -0.350 e. The topological polar surface area (TPSA) is 66.5 Å². The summed E-state index contributed by atoms with van der Waals surface area (Å²) in [6.07, 6.45) is 1.12. The molecule has 3 aromatic carbocycles. The van der Waals surface area contributed by atoms with Crippen LogP contribution < -0.4 is 9.62 Å². The number of amides is 1. The molecule has 28 heavy (non-hydrogen) atoms. The number of aryl methyl sites for hydroxylation is 2. The summed E-state index contributed by atoms with van der Waals surface area (Å²) in [7, 11) is -3.59. The number of benzene rings is 3. The lowest BCUT2D eigenvalue weighted by atomic mass is 10.1. The second-order valence-electron chi connectivity index (χ2n) is 7.02. The number of sulfonamides is 1. The van der Waals surface area contributed by atoms with Crippen molar-refractivity contribution in [2.45, 2.75) is 20.4 Å². The van der Waals surface area contributed by atoms with Gasteiger partial charge in [0.05, 0.1) is 11.9 Å². The molecule has 1 N–H and O–H groups in total. The number of nitrogens with one attached hydrogen (secondary N) is 1. The number of carbonyl (C=O) groups excluding carboxylic acids is 1. The zero-order valence-corrected chi connectivity index (χ0v) is 17.1. The average molecular weight is 397 g/mol. The molecule has 0 atom stereocenters. The molecule has 0 aliphatic carbocycles. The van der Waals surface area contributed by atoms with Crippen LogP contribution in [0.4, 0.5) is 5.69 Å². The highest BCUT2D eigenvalue weighted by Gasteiger charge is 2.22. The largest absolute Gasteiger partial charge is 0.350 e. The Hall–Kier alpha value is -2.86. The Kier molecular flexibility index (Phi) is 5.70. The third-order valence-electron chi connectivity index (χ3n) is 4.62. The van der Waals surface area contributed by atoms with Crippen LogP contribution in [0.15, 0.2) is 60.7 Å². The summed E-state index contributed by atoms with van der Waals surface area (Å²) >= 11 is 0. The number of rotatable bonds is 6. The Morgan fingerprint density at radius 3 is 2.39 bits per heavy atom. The van der Waals surface area contributed by atoms with E-state index in [1.54, 1.807) is 6.07 Å². The summed E-state index contributed by atoms with van der Waals surface area (Å²) < 4.78 is 25.8. The SMILES string of the molecule is Cc1ccc(C)c(N(CC(=O)NCc2ccc3ccccc3c2)S(C)(=O)=O)c1. The third kappa shape index (κ3) is 4.70. The molecule has 0 aromatic heterocycles. The van der Waals surface area contributed by atoms with Gasteiger partial charge in [0.2, 0.25) is 15.9 Å². The Labute approximate surface area is 166 Å². The van der Waals surface area contributed by atoms with Gasteiger partial charge in [0.15, 0.2) is 0 Å². The second-order valence-corrected chi connectivity index (χ2v) is 8.92. The first-order valence-electron chi connectivity index (χ1n) is 9.03. The van der Waals surface area contributed by atoms with E-state index in [2.05, 4.69) is 5.32 Å². The maximum absolute atomic E-state index is 12.5. The van der Waals surface area contributed by atoms with Crippen molar-refractivity contribution in [3.8, 4) is 0 Å². The molecule has 0 fully saturated rings. The summed E-state index contributed by atoms with van der Waals surface area (Å²) in [6.45, 7) is 3.81. The van der Waals surface area contributed by atoms with Crippen molar-refractivity contribution in [2.75, 3.05) is 17.1 Å². The fourth-order valence-corrected chi connectivity index (χ4v) is 4.01. The lowest BCUT2D eigenvalue weighted by molar-refractivity contribution is -0.119. The van der Waals surface area contributed by atoms with Crippen LogP contribution in [-0.2, 0) is 21.4 Å². The first kappa shape index (κ1) is 19.9. The van der Waals surface area contributed by atoms with E-state index in [0.717, 1.165) is 38.0 Å². The summed E-state index contributed by atoms with van der Waals surface area (Å²) in [6, 6.07) is 19.6. The molecule has 0 unspecified atom stereocenters. The van der Waals surface area contributed by atoms with Crippen molar-refractivity contribution in [2.24, 2.45) is 0 Å². The maximum atomic E-state index is 12.5. The maximum Gasteiger partial charge on any atom is 0.241 e. The van der Waals surface area contributed by atoms with Crippen LogP contribution in [0.3, 0.4) is 0 Å². The Bertz CT molecular complexity index is 1120. The van der Waals surface area contributed by atoms with Gasteiger partial charge in [0.25, 0.3) is 0 Å². The molecule has 0 spiro atoms. The third-order valence-corrected chi connectivity index (χ3v) is 5.75. The molecule has 0 radical (unpaired) electrons. The first-order chi connectivity index (χ1) is 13.2. The number of nitrogens with zero attached hydrogens (tertiary/aromatic N) is 1. The van der Waals surface area contributed by atoms with E-state index in [9.17, 15) is 13.2 Å². The highest BCUT2D eigenvalue weighted by molar-refractivity contribution is 7.92. The molecule has 146 valence electrons. The monoisotopic (exact) mass is 396 g/mol. The van der Waals surface area contributed by atoms with Crippen LogP contribution in [0.5, 0.6) is 0 Å². The number of anilines is 1. The van der Waals surface area contributed by atoms with Gasteiger partial charge in [-0.25, -0.2) is 8.42 Å². The number of fused-ring (bicyclic) bond motifs is 1. The fraction of sp³-hybridized carbons (Fsp3) is 0.227. The molecule has 0 aliphatic heterocycles. The smallest absolute Gasteiger partial charge is 0.241 e. The zero-order chi connectivity index (χ0) is 20.3. The predicted molar refractivity (Wildman–Crippen MR) is 114 cm³/mol. The van der Waals surface area contributed by atoms with E-state index in [1.165, 1.54) is 0 Å². The van der Waals surface area contributed by atoms with Gasteiger partial charge in [-0.3, -0.25) is 9.10 Å². The van der Waals surface area contributed by atoms with Gasteiger partial charge < -0.3 is 5.32 Å². The van der Waals surface area contributed by atoms with Gasteiger partial charge in [-0.1, -0.05) is 48.5 Å². The zero-order valence-electron chi connectivity index (χ0n) is 16.3. The van der Waals surface area contributed by atoms with Gasteiger partial charge in [-0.05, 0) is 53.4 Å². The molecular formula is C22H24N2O3S. The predicted octanol–water partition coefficient (Wildman–Crippen LogP) is 3.54. The van der Waals surface area contributed by atoms with E-state index >= 15 is 0 Å². The summed E-state index contributed by atoms with van der Waals surface area (Å²) in [5.74, 6) is -0.348. The minimum absolute atomic E-state index is 0.253. The van der Waals surface area contributed by atoms with Crippen LogP contribution in [0.25, 0.3) is 10.8 Å². The van der Waals surface area contributed by atoms with E-state index in [-0.39, 0.29) is 12.5 Å². The van der Waals surface area contributed by atoms with E-state index in [4.69, 9.17) is 0 Å². The first-order valence-corrected chi connectivity index (χ1v) is 10.9. The molecule has 5 nitrogen and oxygen atoms in total. The molecule has 0 saturated heterocycles. The Morgan fingerprint density at radius 1 is 0.964 bits per heavy atom. The number of hydrogen-bond acceptors (Lipinski definition) is 3. The standard InChI is InChI=1S/C22H24N2O3S/c1-16-8-9-17(2)21(12-16)24(28(3,26)27)15-22(25)23-14-18-10-11-19-6-4-5-7-20(19)13-18/h4-13H,14-15H2,1-3H3,(H,23,25). The normalized spacial score (nSPS) is 11.4. The molecule has 3 aromatic rings. The van der Waals surface area contributed by atoms with Crippen LogP contribution in [0, 0.1) is 13.8 Å². The lowest BCUT2D eigenvalue weighted by Gasteiger charge is -2.24. The summed E-state index contributed by atoms with van der Waals surface area (Å²) in [5.41, 5.74) is 3.23. The van der Waals surface area contributed by atoms with Crippen molar-refractivity contribution in [1.29, 1.82) is 0 Å². The summed E-state index contributed by atoms with van der Waals surface area (Å²) in [4.78, 5) is 12.5. The van der Waals surface area contributed by atoms with Gasteiger partial charge >= 0.3 is 0 Å². The number of carbonyl (C=O) groups is 1. The molecule has 6 heteroatoms. The highest BCUT2D eigenvalue weighted by atomic mass is 32.2. The molecule has 0 saturated carbocycles. The van der Waals surface area contributed by atoms with Crippen molar-refractivity contribution < 1.29 is 13.2 Å². The highest BCUT2D eigenvalue weighted by Crippen LogP contribution is 2.23. The fourth-order valence-electron chi connectivity index (χ4n) is 3.10. The quantitative estimate of drug-likeness (QED) is 0.693. The lowest BCUT2D eigenvalue weighted by Crippen LogP contribution is -2.40. The second kappa shape index (κ2) is 8.02.